The molecule has 0 saturated heterocycles. The van der Waals surface area contributed by atoms with Crippen LogP contribution in [0.3, 0.4) is 0 Å². The van der Waals surface area contributed by atoms with Gasteiger partial charge in [-0.2, -0.15) is 0 Å². The van der Waals surface area contributed by atoms with Crippen LogP contribution in [0, 0.1) is 0 Å². The van der Waals surface area contributed by atoms with Crippen LogP contribution in [0.4, 0.5) is 0 Å². The number of ketones is 2. The van der Waals surface area contributed by atoms with Crippen molar-refractivity contribution in [1.29, 1.82) is 0 Å². The van der Waals surface area contributed by atoms with Gasteiger partial charge in [-0.05, 0) is 43.3 Å². The van der Waals surface area contributed by atoms with E-state index in [-0.39, 0.29) is 10.6 Å². The summed E-state index contributed by atoms with van der Waals surface area (Å²) in [5.74, 6) is -0.532. The van der Waals surface area contributed by atoms with E-state index >= 15 is 0 Å². The Labute approximate surface area is 122 Å². The summed E-state index contributed by atoms with van der Waals surface area (Å²) < 4.78 is 5.29. The number of benzene rings is 2. The van der Waals surface area contributed by atoms with Gasteiger partial charge in [-0.25, -0.2) is 0 Å². The Morgan fingerprint density at radius 1 is 1.00 bits per heavy atom. The van der Waals surface area contributed by atoms with E-state index in [9.17, 15) is 9.59 Å². The van der Waals surface area contributed by atoms with Gasteiger partial charge in [0.25, 0.3) is 0 Å². The second kappa shape index (κ2) is 6.35. The predicted octanol–water partition coefficient (Wildman–Crippen LogP) is 3.80. The third-order valence-corrected chi connectivity index (χ3v) is 3.08. The highest BCUT2D eigenvalue weighted by atomic mass is 35.5. The molecule has 0 aliphatic rings. The summed E-state index contributed by atoms with van der Waals surface area (Å²) in [5, 5.41) is 0.275. The Kier molecular flexibility index (Phi) is 4.53. The molecule has 2 aromatic carbocycles. The highest BCUT2D eigenvalue weighted by Gasteiger charge is 2.20. The van der Waals surface area contributed by atoms with E-state index in [0.717, 1.165) is 0 Å². The Morgan fingerprint density at radius 2 is 1.65 bits per heavy atom. The van der Waals surface area contributed by atoms with E-state index in [1.807, 2.05) is 6.92 Å². The predicted molar refractivity (Wildman–Crippen MR) is 77.7 cm³/mol. The fraction of sp³-hybridized carbons (Fsp3) is 0.125. The van der Waals surface area contributed by atoms with Gasteiger partial charge in [-0.1, -0.05) is 23.7 Å². The van der Waals surface area contributed by atoms with Crippen LogP contribution in [-0.4, -0.2) is 18.2 Å². The summed E-state index contributed by atoms with van der Waals surface area (Å²) in [4.78, 5) is 24.2. The smallest absolute Gasteiger partial charge is 0.235 e. The molecule has 0 amide bonds. The Hall–Kier alpha value is -2.13. The SMILES string of the molecule is CCOc1ccc(C(=O)C(=O)c2ccccc2Cl)cc1. The Bertz CT molecular complexity index is 632. The first-order valence-electron chi connectivity index (χ1n) is 6.20. The fourth-order valence-electron chi connectivity index (χ4n) is 1.77. The minimum atomic E-state index is -0.611. The van der Waals surface area contributed by atoms with Crippen LogP contribution in [0.25, 0.3) is 0 Å². The molecule has 2 aromatic rings. The van der Waals surface area contributed by atoms with Gasteiger partial charge in [0.1, 0.15) is 5.75 Å². The number of Topliss-reactive ketones (excluding diaryl/α,β-unsaturated/α-hetero) is 2. The molecule has 0 bridgehead atoms. The molecular weight excluding hydrogens is 276 g/mol. The van der Waals surface area contributed by atoms with Crippen molar-refractivity contribution < 1.29 is 14.3 Å². The van der Waals surface area contributed by atoms with Crippen LogP contribution >= 0.6 is 11.6 Å². The minimum Gasteiger partial charge on any atom is -0.494 e. The lowest BCUT2D eigenvalue weighted by Crippen LogP contribution is -2.14. The summed E-state index contributed by atoms with van der Waals surface area (Å²) >= 11 is 5.92. The van der Waals surface area contributed by atoms with Gasteiger partial charge in [-0.3, -0.25) is 9.59 Å². The van der Waals surface area contributed by atoms with Gasteiger partial charge in [0.15, 0.2) is 0 Å². The zero-order chi connectivity index (χ0) is 14.5. The van der Waals surface area contributed by atoms with Crippen molar-refractivity contribution in [2.75, 3.05) is 6.61 Å². The number of carbonyl (C=O) groups is 2. The van der Waals surface area contributed by atoms with Gasteiger partial charge >= 0.3 is 0 Å². The number of halogens is 1. The lowest BCUT2D eigenvalue weighted by molar-refractivity contribution is 0.0817. The molecule has 0 fully saturated rings. The third-order valence-electron chi connectivity index (χ3n) is 2.75. The average Bonchev–Trinajstić information content (AvgIpc) is 2.47. The van der Waals surface area contributed by atoms with Crippen LogP contribution in [0.5, 0.6) is 5.75 Å². The number of hydrogen-bond acceptors (Lipinski definition) is 3. The molecule has 0 aromatic heterocycles. The molecule has 0 radical (unpaired) electrons. The minimum absolute atomic E-state index is 0.216. The van der Waals surface area contributed by atoms with Gasteiger partial charge in [0, 0.05) is 11.1 Å². The van der Waals surface area contributed by atoms with E-state index in [1.54, 1.807) is 42.5 Å². The number of rotatable bonds is 5. The van der Waals surface area contributed by atoms with Gasteiger partial charge in [0.05, 0.1) is 11.6 Å². The maximum atomic E-state index is 12.1. The van der Waals surface area contributed by atoms with E-state index in [4.69, 9.17) is 16.3 Å². The number of ether oxygens (including phenoxy) is 1. The van der Waals surface area contributed by atoms with Crippen LogP contribution in [0.15, 0.2) is 48.5 Å². The standard InChI is InChI=1S/C16H13ClO3/c1-2-20-12-9-7-11(8-10-12)15(18)16(19)13-5-3-4-6-14(13)17/h3-10H,2H2,1H3. The van der Waals surface area contributed by atoms with E-state index in [2.05, 4.69) is 0 Å². The van der Waals surface area contributed by atoms with Crippen molar-refractivity contribution in [3.63, 3.8) is 0 Å². The molecule has 0 aliphatic heterocycles. The molecule has 0 aliphatic carbocycles. The van der Waals surface area contributed by atoms with E-state index < -0.39 is 11.6 Å². The molecule has 0 N–H and O–H groups in total. The van der Waals surface area contributed by atoms with E-state index in [0.29, 0.717) is 17.9 Å². The first kappa shape index (κ1) is 14.3. The molecule has 0 spiro atoms. The zero-order valence-electron chi connectivity index (χ0n) is 10.9. The fourth-order valence-corrected chi connectivity index (χ4v) is 1.99. The second-order valence-corrected chi connectivity index (χ2v) is 4.50. The molecule has 0 atom stereocenters. The Morgan fingerprint density at radius 3 is 2.25 bits per heavy atom. The van der Waals surface area contributed by atoms with Crippen molar-refractivity contribution in [3.05, 3.63) is 64.7 Å². The van der Waals surface area contributed by atoms with Crippen LogP contribution in [0.1, 0.15) is 27.6 Å². The summed E-state index contributed by atoms with van der Waals surface area (Å²) in [6.45, 7) is 2.42. The van der Waals surface area contributed by atoms with Gasteiger partial charge in [0.2, 0.25) is 11.6 Å². The highest BCUT2D eigenvalue weighted by Crippen LogP contribution is 2.19. The monoisotopic (exact) mass is 288 g/mol. The second-order valence-electron chi connectivity index (χ2n) is 4.10. The van der Waals surface area contributed by atoms with Crippen LogP contribution in [0.2, 0.25) is 5.02 Å². The number of carbonyl (C=O) groups excluding carboxylic acids is 2. The largest absolute Gasteiger partial charge is 0.494 e. The summed E-state index contributed by atoms with van der Waals surface area (Å²) in [6.07, 6.45) is 0. The summed E-state index contributed by atoms with van der Waals surface area (Å²) in [6, 6.07) is 13.0. The molecule has 0 saturated carbocycles. The normalized spacial score (nSPS) is 10.1. The van der Waals surface area contributed by atoms with Crippen LogP contribution < -0.4 is 4.74 Å². The molecule has 2 rings (SSSR count). The quantitative estimate of drug-likeness (QED) is 0.621. The molecule has 0 heterocycles. The lowest BCUT2D eigenvalue weighted by atomic mass is 10.0. The number of hydrogen-bond donors (Lipinski definition) is 0. The molecule has 102 valence electrons. The average molecular weight is 289 g/mol. The van der Waals surface area contributed by atoms with Crippen molar-refractivity contribution in [2.24, 2.45) is 0 Å². The molecule has 0 unspecified atom stereocenters. The molecular formula is C16H13ClO3. The maximum absolute atomic E-state index is 12.1. The van der Waals surface area contributed by atoms with E-state index in [1.165, 1.54) is 6.07 Å². The first-order chi connectivity index (χ1) is 9.63. The highest BCUT2D eigenvalue weighted by molar-refractivity contribution is 6.51. The van der Waals surface area contributed by atoms with Crippen molar-refractivity contribution in [1.82, 2.24) is 0 Å². The first-order valence-corrected chi connectivity index (χ1v) is 6.57. The van der Waals surface area contributed by atoms with Crippen molar-refractivity contribution >= 4 is 23.2 Å². The van der Waals surface area contributed by atoms with Gasteiger partial charge < -0.3 is 4.74 Å². The molecule has 3 nitrogen and oxygen atoms in total. The van der Waals surface area contributed by atoms with Gasteiger partial charge in [-0.15, -0.1) is 0 Å². The Balaban J connectivity index is 2.23. The topological polar surface area (TPSA) is 43.4 Å². The molecule has 4 heteroatoms. The summed E-state index contributed by atoms with van der Waals surface area (Å²) in [5.41, 5.74) is 0.534. The lowest BCUT2D eigenvalue weighted by Gasteiger charge is -2.05. The summed E-state index contributed by atoms with van der Waals surface area (Å²) in [7, 11) is 0. The maximum Gasteiger partial charge on any atom is 0.235 e. The molecule has 20 heavy (non-hydrogen) atoms. The zero-order valence-corrected chi connectivity index (χ0v) is 11.7. The van der Waals surface area contributed by atoms with Crippen molar-refractivity contribution in [3.8, 4) is 5.75 Å². The van der Waals surface area contributed by atoms with Crippen molar-refractivity contribution in [2.45, 2.75) is 6.92 Å². The van der Waals surface area contributed by atoms with Crippen LogP contribution in [-0.2, 0) is 0 Å². The third kappa shape index (κ3) is 3.06.